The van der Waals surface area contributed by atoms with Crippen molar-refractivity contribution in [2.45, 2.75) is 33.7 Å². The molecule has 0 radical (unpaired) electrons. The summed E-state index contributed by atoms with van der Waals surface area (Å²) in [5.41, 5.74) is 13.2. The van der Waals surface area contributed by atoms with Gasteiger partial charge in [-0.05, 0) is 42.5 Å². The quantitative estimate of drug-likeness (QED) is 0.335. The Labute approximate surface area is 220 Å². The van der Waals surface area contributed by atoms with Crippen LogP contribution in [0.1, 0.15) is 49.8 Å². The molecule has 0 spiro atoms. The van der Waals surface area contributed by atoms with Crippen molar-refractivity contribution in [3.63, 3.8) is 0 Å². The van der Waals surface area contributed by atoms with Crippen LogP contribution in [0.3, 0.4) is 0 Å². The summed E-state index contributed by atoms with van der Waals surface area (Å²) < 4.78 is 2.78. The Kier molecular flexibility index (Phi) is 7.28. The second-order valence-corrected chi connectivity index (χ2v) is 9.70. The maximum absolute atomic E-state index is 13.6. The molecule has 37 heavy (non-hydrogen) atoms. The Hall–Kier alpha value is -4.22. The molecule has 4 aromatic rings. The Balaban J connectivity index is 1.75. The minimum atomic E-state index is -0.599. The number of benzene rings is 2. The van der Waals surface area contributed by atoms with E-state index < -0.39 is 11.9 Å². The minimum Gasteiger partial charge on any atom is -0.382 e. The Bertz CT molecular complexity index is 1590. The second kappa shape index (κ2) is 10.4. The molecule has 4 rings (SSSR count). The van der Waals surface area contributed by atoms with E-state index in [9.17, 15) is 9.59 Å². The number of nitrogens with two attached hydrogens (primary N) is 2. The minimum absolute atomic E-state index is 0.0283. The molecule has 1 unspecified atom stereocenters. The van der Waals surface area contributed by atoms with Crippen molar-refractivity contribution >= 4 is 39.9 Å². The van der Waals surface area contributed by atoms with E-state index in [0.29, 0.717) is 33.1 Å². The van der Waals surface area contributed by atoms with Crippen LogP contribution in [0, 0.1) is 23.8 Å². The van der Waals surface area contributed by atoms with Crippen LogP contribution in [0.25, 0.3) is 16.5 Å². The van der Waals surface area contributed by atoms with Crippen molar-refractivity contribution in [3.05, 3.63) is 81.2 Å². The number of nitrogens with one attached hydrogen (secondary N) is 1. The van der Waals surface area contributed by atoms with Gasteiger partial charge in [-0.2, -0.15) is 4.68 Å². The van der Waals surface area contributed by atoms with Gasteiger partial charge in [0.15, 0.2) is 11.6 Å². The Morgan fingerprint density at radius 3 is 2.43 bits per heavy atom. The molecule has 0 saturated carbocycles. The first-order valence-electron chi connectivity index (χ1n) is 12.0. The van der Waals surface area contributed by atoms with Gasteiger partial charge in [-0.3, -0.25) is 14.2 Å². The van der Waals surface area contributed by atoms with E-state index in [1.165, 1.54) is 4.68 Å². The van der Waals surface area contributed by atoms with Crippen molar-refractivity contribution in [2.75, 3.05) is 11.5 Å². The number of hydrogen-bond donors (Lipinski definition) is 3. The smallest absolute Gasteiger partial charge is 0.264 e. The van der Waals surface area contributed by atoms with Gasteiger partial charge < -0.3 is 16.8 Å². The zero-order valence-electron chi connectivity index (χ0n) is 21.1. The summed E-state index contributed by atoms with van der Waals surface area (Å²) in [6.07, 6.45) is 0. The van der Waals surface area contributed by atoms with Gasteiger partial charge in [-0.1, -0.05) is 68.6 Å². The number of halogens is 1. The van der Waals surface area contributed by atoms with E-state index in [4.69, 9.17) is 23.1 Å². The van der Waals surface area contributed by atoms with Crippen molar-refractivity contribution in [2.24, 2.45) is 11.8 Å². The van der Waals surface area contributed by atoms with Gasteiger partial charge >= 0.3 is 0 Å². The number of carbonyl (C=O) groups is 1. The molecule has 5 N–H and O–H groups in total. The highest BCUT2D eigenvalue weighted by Gasteiger charge is 2.24. The van der Waals surface area contributed by atoms with Crippen LogP contribution in [0.15, 0.2) is 59.4 Å². The average molecular weight is 517 g/mol. The molecule has 9 heteroatoms. The molecular weight excluding hydrogens is 488 g/mol. The number of carbonyl (C=O) groups excluding carboxylic acids is 1. The molecule has 0 aliphatic carbocycles. The number of rotatable bonds is 5. The van der Waals surface area contributed by atoms with Crippen LogP contribution in [0.5, 0.6) is 0 Å². The highest BCUT2D eigenvalue weighted by atomic mass is 35.5. The zero-order chi connectivity index (χ0) is 26.9. The largest absolute Gasteiger partial charge is 0.382 e. The predicted octanol–water partition coefficient (Wildman–Crippen LogP) is 4.60. The van der Waals surface area contributed by atoms with Gasteiger partial charge in [0, 0.05) is 23.3 Å². The summed E-state index contributed by atoms with van der Waals surface area (Å²) in [7, 11) is 0. The van der Waals surface area contributed by atoms with E-state index in [0.717, 1.165) is 0 Å². The summed E-state index contributed by atoms with van der Waals surface area (Å²) in [5, 5.41) is 8.48. The first kappa shape index (κ1) is 25.9. The van der Waals surface area contributed by atoms with E-state index >= 15 is 0 Å². The number of pyridine rings is 1. The first-order chi connectivity index (χ1) is 17.6. The fourth-order valence-electron chi connectivity index (χ4n) is 3.94. The average Bonchev–Trinajstić information content (AvgIpc) is 3.15. The lowest BCUT2D eigenvalue weighted by atomic mass is 9.99. The molecule has 1 amide bonds. The first-order valence-corrected chi connectivity index (χ1v) is 12.3. The van der Waals surface area contributed by atoms with Gasteiger partial charge in [0.1, 0.15) is 5.56 Å². The molecule has 2 aromatic carbocycles. The number of fused-ring (bicyclic) bond motifs is 1. The second-order valence-electron chi connectivity index (χ2n) is 9.29. The van der Waals surface area contributed by atoms with Gasteiger partial charge in [-0.25, -0.2) is 0 Å². The van der Waals surface area contributed by atoms with Gasteiger partial charge in [0.05, 0.1) is 16.5 Å². The molecule has 0 fully saturated rings. The highest BCUT2D eigenvalue weighted by Crippen LogP contribution is 2.26. The molecule has 0 bridgehead atoms. The van der Waals surface area contributed by atoms with E-state index in [2.05, 4.69) is 36.2 Å². The van der Waals surface area contributed by atoms with Crippen molar-refractivity contribution in [3.8, 4) is 17.7 Å². The summed E-state index contributed by atoms with van der Waals surface area (Å²) >= 11 is 6.39. The maximum atomic E-state index is 13.6. The number of amides is 1. The summed E-state index contributed by atoms with van der Waals surface area (Å²) in [6, 6.07) is 18.6. The molecule has 2 aromatic heterocycles. The van der Waals surface area contributed by atoms with Crippen LogP contribution in [-0.4, -0.2) is 20.3 Å². The molecule has 8 nitrogen and oxygen atoms in total. The fourth-order valence-corrected chi connectivity index (χ4v) is 4.20. The topological polar surface area (TPSA) is 121 Å². The standard InChI is InChI=1S/C28H29ClN6O2/c1-16(2)17(3)13-14-34-26(31)24(25(30)33-34)27(36)32-18(4)22-15-19-9-8-12-21(29)23(19)28(37)35(22)20-10-6-5-7-11-20/h5-12,15-18H,31H2,1-4H3,(H2,30,33)(H,32,36)/t17?,18-/m0/s1. The lowest BCUT2D eigenvalue weighted by Gasteiger charge is -2.21. The molecule has 2 atom stereocenters. The molecule has 0 aliphatic rings. The lowest BCUT2D eigenvalue weighted by molar-refractivity contribution is 0.0940. The van der Waals surface area contributed by atoms with Crippen molar-refractivity contribution in [1.29, 1.82) is 0 Å². The van der Waals surface area contributed by atoms with Crippen LogP contribution in [-0.2, 0) is 0 Å². The predicted molar refractivity (Wildman–Crippen MR) is 149 cm³/mol. The van der Waals surface area contributed by atoms with Gasteiger partial charge in [-0.15, -0.1) is 5.10 Å². The third kappa shape index (κ3) is 5.04. The van der Waals surface area contributed by atoms with Gasteiger partial charge in [0.2, 0.25) is 0 Å². The molecule has 190 valence electrons. The van der Waals surface area contributed by atoms with Gasteiger partial charge in [0.25, 0.3) is 11.5 Å². The zero-order valence-corrected chi connectivity index (χ0v) is 21.9. The lowest BCUT2D eigenvalue weighted by Crippen LogP contribution is -2.32. The number of anilines is 2. The normalized spacial score (nSPS) is 12.7. The van der Waals surface area contributed by atoms with E-state index in [1.807, 2.05) is 49.4 Å². The third-order valence-electron chi connectivity index (χ3n) is 6.40. The number of para-hydroxylation sites is 1. The summed E-state index contributed by atoms with van der Waals surface area (Å²) in [6.45, 7) is 7.91. The fraction of sp³-hybridized carbons (Fsp3) is 0.250. The summed E-state index contributed by atoms with van der Waals surface area (Å²) in [4.78, 5) is 26.9. The highest BCUT2D eigenvalue weighted by molar-refractivity contribution is 6.35. The molecule has 2 heterocycles. The van der Waals surface area contributed by atoms with Crippen molar-refractivity contribution < 1.29 is 4.79 Å². The van der Waals surface area contributed by atoms with Crippen LogP contribution in [0.2, 0.25) is 5.02 Å². The number of nitrogens with zero attached hydrogens (tertiary/aromatic N) is 3. The number of aromatic nitrogens is 3. The van der Waals surface area contributed by atoms with Crippen LogP contribution >= 0.6 is 11.6 Å². The van der Waals surface area contributed by atoms with Crippen LogP contribution < -0.4 is 22.3 Å². The van der Waals surface area contributed by atoms with E-state index in [1.54, 1.807) is 23.6 Å². The summed E-state index contributed by atoms with van der Waals surface area (Å²) in [5.74, 6) is 3.04. The molecular formula is C28H29ClN6O2. The monoisotopic (exact) mass is 516 g/mol. The Morgan fingerprint density at radius 2 is 1.76 bits per heavy atom. The SMILES string of the molecule is CC(C)C(C)C#Cn1nc(N)c(C(=O)N[C@@H](C)c2cc3cccc(Cl)c3c(=O)n2-c2ccccc2)c1N. The van der Waals surface area contributed by atoms with E-state index in [-0.39, 0.29) is 28.7 Å². The number of nitrogen functional groups attached to an aromatic ring is 2. The van der Waals surface area contributed by atoms with Crippen molar-refractivity contribution in [1.82, 2.24) is 19.7 Å². The molecule has 0 saturated heterocycles. The van der Waals surface area contributed by atoms with Crippen LogP contribution in [0.4, 0.5) is 11.6 Å². The third-order valence-corrected chi connectivity index (χ3v) is 6.72. The number of hydrogen-bond acceptors (Lipinski definition) is 5. The molecule has 0 aliphatic heterocycles. The maximum Gasteiger partial charge on any atom is 0.264 e. The Morgan fingerprint density at radius 1 is 1.05 bits per heavy atom.